The Kier molecular flexibility index (Phi) is 6.13. The van der Waals surface area contributed by atoms with Gasteiger partial charge in [-0.15, -0.1) is 0 Å². The number of piperidine rings is 1. The second-order valence-corrected chi connectivity index (χ2v) is 8.45. The van der Waals surface area contributed by atoms with Gasteiger partial charge in [-0.05, 0) is 44.1 Å². The van der Waals surface area contributed by atoms with Gasteiger partial charge in [-0.25, -0.2) is 0 Å². The number of Topliss-reactive ketones (excluding diaryl/α,β-unsaturated/α-hetero) is 1. The van der Waals surface area contributed by atoms with Crippen LogP contribution in [0.4, 0.5) is 0 Å². The number of nitrogens with one attached hydrogen (secondary N) is 1. The van der Waals surface area contributed by atoms with Gasteiger partial charge in [0.2, 0.25) is 5.91 Å². The predicted molar refractivity (Wildman–Crippen MR) is 123 cm³/mol. The van der Waals surface area contributed by atoms with E-state index >= 15 is 0 Å². The third kappa shape index (κ3) is 4.51. The Labute approximate surface area is 185 Å². The van der Waals surface area contributed by atoms with Gasteiger partial charge in [0.15, 0.2) is 10.6 Å². The molecule has 4 rings (SSSR count). The molecule has 0 aliphatic carbocycles. The van der Waals surface area contributed by atoms with E-state index in [1.54, 1.807) is 17.0 Å². The zero-order chi connectivity index (χ0) is 22.0. The quantitative estimate of drug-likeness (QED) is 0.488. The molecule has 1 aliphatic rings. The number of amides is 1. The highest BCUT2D eigenvalue weighted by Gasteiger charge is 2.27. The van der Waals surface area contributed by atoms with Crippen LogP contribution >= 0.6 is 12.2 Å². The fraction of sp³-hybridized carbons (Fsp3) is 0.333. The third-order valence-electron chi connectivity index (χ3n) is 5.99. The molecule has 31 heavy (non-hydrogen) atoms. The number of hydrogen-bond donors (Lipinski definition) is 1. The van der Waals surface area contributed by atoms with Gasteiger partial charge in [-0.1, -0.05) is 42.0 Å². The largest absolute Gasteiger partial charge is 0.343 e. The molecule has 3 aromatic rings. The highest BCUT2D eigenvalue weighted by atomic mass is 32.1. The van der Waals surface area contributed by atoms with Gasteiger partial charge in [-0.2, -0.15) is 0 Å². The van der Waals surface area contributed by atoms with Crippen molar-refractivity contribution in [3.8, 4) is 0 Å². The Morgan fingerprint density at radius 3 is 2.45 bits per heavy atom. The van der Waals surface area contributed by atoms with E-state index in [-0.39, 0.29) is 36.1 Å². The van der Waals surface area contributed by atoms with Crippen LogP contribution in [0.1, 0.15) is 35.2 Å². The van der Waals surface area contributed by atoms with E-state index in [0.717, 1.165) is 11.1 Å². The molecular weight excluding hydrogens is 410 g/mol. The highest BCUT2D eigenvalue weighted by Crippen LogP contribution is 2.22. The summed E-state index contributed by atoms with van der Waals surface area (Å²) in [5.41, 5.74) is 2.37. The average Bonchev–Trinajstić information content (AvgIpc) is 2.79. The number of likely N-dealkylation sites (tertiary alicyclic amines) is 1. The molecule has 0 atom stereocenters. The van der Waals surface area contributed by atoms with Gasteiger partial charge in [0.1, 0.15) is 0 Å². The summed E-state index contributed by atoms with van der Waals surface area (Å²) in [6.45, 7) is 3.35. The molecule has 2 heterocycles. The standard InChI is InChI=1S/C24H25N3O3S/c1-16-6-8-17(9-7-16)22(29)18-10-13-26(14-11-18)21(28)12-15-27-23(30)19-4-2-3-5-20(19)25-24(27)31/h2-9,18H,10-15H2,1H3,(H,25,31). The number of H-pyrrole nitrogens is 1. The summed E-state index contributed by atoms with van der Waals surface area (Å²) in [5.74, 6) is 0.0838. The molecule has 160 valence electrons. The second-order valence-electron chi connectivity index (χ2n) is 8.07. The van der Waals surface area contributed by atoms with Crippen LogP contribution in [-0.4, -0.2) is 39.2 Å². The first-order valence-electron chi connectivity index (χ1n) is 10.5. The van der Waals surface area contributed by atoms with Crippen molar-refractivity contribution >= 4 is 34.8 Å². The number of para-hydroxylation sites is 1. The van der Waals surface area contributed by atoms with Crippen molar-refractivity contribution in [3.63, 3.8) is 0 Å². The summed E-state index contributed by atoms with van der Waals surface area (Å²) < 4.78 is 1.77. The van der Waals surface area contributed by atoms with E-state index in [9.17, 15) is 14.4 Å². The van der Waals surface area contributed by atoms with Crippen molar-refractivity contribution in [2.45, 2.75) is 32.7 Å². The summed E-state index contributed by atoms with van der Waals surface area (Å²) in [4.78, 5) is 43.0. The molecule has 7 heteroatoms. The van der Waals surface area contributed by atoms with Crippen molar-refractivity contribution in [2.75, 3.05) is 13.1 Å². The van der Waals surface area contributed by atoms with Crippen LogP contribution in [0.15, 0.2) is 53.3 Å². The zero-order valence-electron chi connectivity index (χ0n) is 17.5. The SMILES string of the molecule is Cc1ccc(C(=O)C2CCN(C(=O)CCn3c(=S)[nH]c4ccccc4c3=O)CC2)cc1. The number of ketones is 1. The molecule has 0 saturated carbocycles. The summed E-state index contributed by atoms with van der Waals surface area (Å²) in [6.07, 6.45) is 1.52. The predicted octanol–water partition coefficient (Wildman–Crippen LogP) is 3.88. The molecular formula is C24H25N3O3S. The molecule has 1 N–H and O–H groups in total. The zero-order valence-corrected chi connectivity index (χ0v) is 18.3. The van der Waals surface area contributed by atoms with E-state index < -0.39 is 0 Å². The number of hydrogen-bond acceptors (Lipinski definition) is 4. The van der Waals surface area contributed by atoms with Crippen molar-refractivity contribution in [2.24, 2.45) is 5.92 Å². The van der Waals surface area contributed by atoms with E-state index in [1.807, 2.05) is 43.3 Å². The maximum absolute atomic E-state index is 12.7. The molecule has 1 amide bonds. The van der Waals surface area contributed by atoms with Crippen LogP contribution in [0.5, 0.6) is 0 Å². The minimum Gasteiger partial charge on any atom is -0.343 e. The number of carbonyl (C=O) groups excluding carboxylic acids is 2. The molecule has 1 aliphatic heterocycles. The van der Waals surface area contributed by atoms with Crippen LogP contribution < -0.4 is 5.56 Å². The van der Waals surface area contributed by atoms with Gasteiger partial charge in [0.05, 0.1) is 10.9 Å². The molecule has 0 unspecified atom stereocenters. The Balaban J connectivity index is 1.36. The average molecular weight is 436 g/mol. The fourth-order valence-electron chi connectivity index (χ4n) is 4.11. The van der Waals surface area contributed by atoms with E-state index in [0.29, 0.717) is 41.6 Å². The first-order valence-corrected chi connectivity index (χ1v) is 11.0. The number of nitrogens with zero attached hydrogens (tertiary/aromatic N) is 2. The number of carbonyl (C=O) groups is 2. The van der Waals surface area contributed by atoms with Gasteiger partial charge < -0.3 is 9.88 Å². The van der Waals surface area contributed by atoms with E-state index in [1.165, 1.54) is 4.57 Å². The maximum atomic E-state index is 12.7. The minimum atomic E-state index is -0.186. The van der Waals surface area contributed by atoms with Crippen molar-refractivity contribution in [1.29, 1.82) is 0 Å². The Morgan fingerprint density at radius 2 is 1.74 bits per heavy atom. The van der Waals surface area contributed by atoms with Crippen LogP contribution in [0.2, 0.25) is 0 Å². The summed E-state index contributed by atoms with van der Waals surface area (Å²) in [7, 11) is 0. The number of benzene rings is 2. The maximum Gasteiger partial charge on any atom is 0.262 e. The van der Waals surface area contributed by atoms with Gasteiger partial charge in [0, 0.05) is 37.5 Å². The normalized spacial score (nSPS) is 14.7. The van der Waals surface area contributed by atoms with Gasteiger partial charge in [-0.3, -0.25) is 19.0 Å². The van der Waals surface area contributed by atoms with Crippen LogP contribution in [-0.2, 0) is 11.3 Å². The van der Waals surface area contributed by atoms with Crippen molar-refractivity contribution in [1.82, 2.24) is 14.5 Å². The third-order valence-corrected chi connectivity index (χ3v) is 6.32. The summed E-state index contributed by atoms with van der Waals surface area (Å²) >= 11 is 5.32. The molecule has 0 radical (unpaired) electrons. The molecule has 1 saturated heterocycles. The number of aryl methyl sites for hydroxylation is 1. The Hall–Kier alpha value is -3.06. The molecule has 1 fully saturated rings. The molecule has 6 nitrogen and oxygen atoms in total. The smallest absolute Gasteiger partial charge is 0.262 e. The van der Waals surface area contributed by atoms with E-state index in [4.69, 9.17) is 12.2 Å². The minimum absolute atomic E-state index is 0.0179. The first-order chi connectivity index (χ1) is 14.9. The molecule has 1 aromatic heterocycles. The highest BCUT2D eigenvalue weighted by molar-refractivity contribution is 7.71. The second kappa shape index (κ2) is 8.98. The monoisotopic (exact) mass is 435 g/mol. The molecule has 2 aromatic carbocycles. The number of fused-ring (bicyclic) bond motifs is 1. The molecule has 0 bridgehead atoms. The van der Waals surface area contributed by atoms with Crippen LogP contribution in [0.3, 0.4) is 0 Å². The first kappa shape index (κ1) is 21.2. The van der Waals surface area contributed by atoms with Crippen LogP contribution in [0, 0.1) is 17.6 Å². The number of aromatic nitrogens is 2. The van der Waals surface area contributed by atoms with Crippen LogP contribution in [0.25, 0.3) is 10.9 Å². The Bertz CT molecular complexity index is 1240. The number of rotatable bonds is 5. The lowest BCUT2D eigenvalue weighted by Crippen LogP contribution is -2.41. The molecule has 0 spiro atoms. The topological polar surface area (TPSA) is 75.2 Å². The van der Waals surface area contributed by atoms with Crippen molar-refractivity contribution < 1.29 is 9.59 Å². The van der Waals surface area contributed by atoms with Crippen molar-refractivity contribution in [3.05, 3.63) is 74.8 Å². The van der Waals surface area contributed by atoms with Gasteiger partial charge >= 0.3 is 0 Å². The lowest BCUT2D eigenvalue weighted by Gasteiger charge is -2.31. The van der Waals surface area contributed by atoms with E-state index in [2.05, 4.69) is 4.98 Å². The van der Waals surface area contributed by atoms with Gasteiger partial charge in [0.25, 0.3) is 5.56 Å². The lowest BCUT2D eigenvalue weighted by atomic mass is 9.88. The fourth-order valence-corrected chi connectivity index (χ4v) is 4.40. The lowest BCUT2D eigenvalue weighted by molar-refractivity contribution is -0.132. The number of aromatic amines is 1. The summed E-state index contributed by atoms with van der Waals surface area (Å²) in [5, 5.41) is 0.555. The Morgan fingerprint density at radius 1 is 1.06 bits per heavy atom. The summed E-state index contributed by atoms with van der Waals surface area (Å²) in [6, 6.07) is 14.9.